The van der Waals surface area contributed by atoms with Crippen LogP contribution in [-0.4, -0.2) is 29.9 Å². The Morgan fingerprint density at radius 3 is 3.04 bits per heavy atom. The van der Waals surface area contributed by atoms with E-state index >= 15 is 0 Å². The van der Waals surface area contributed by atoms with E-state index in [2.05, 4.69) is 10.3 Å². The van der Waals surface area contributed by atoms with Gasteiger partial charge in [0.2, 0.25) is 5.91 Å². The van der Waals surface area contributed by atoms with E-state index in [0.29, 0.717) is 16.6 Å². The second-order valence-electron chi connectivity index (χ2n) is 6.38. The molecule has 2 aliphatic rings. The number of aromatic nitrogens is 1. The van der Waals surface area contributed by atoms with E-state index in [1.54, 1.807) is 11.3 Å². The number of carbonyl (C=O) groups is 2. The number of rotatable bonds is 3. The molecule has 1 aliphatic carbocycles. The van der Waals surface area contributed by atoms with E-state index in [1.165, 1.54) is 16.2 Å². The number of thiazole rings is 1. The first-order valence-corrected chi connectivity index (χ1v) is 9.24. The van der Waals surface area contributed by atoms with Gasteiger partial charge in [-0.2, -0.15) is 0 Å². The first kappa shape index (κ1) is 16.1. The van der Waals surface area contributed by atoms with Gasteiger partial charge in [-0.05, 0) is 50.3 Å². The molecule has 1 aromatic carbocycles. The maximum absolute atomic E-state index is 12.5. The summed E-state index contributed by atoms with van der Waals surface area (Å²) in [6, 6.07) is 5.62. The first-order valence-electron chi connectivity index (χ1n) is 8.42. The van der Waals surface area contributed by atoms with Gasteiger partial charge in [0.25, 0.3) is 5.91 Å². The molecule has 0 atom stereocenters. The molecule has 0 radical (unpaired) electrons. The van der Waals surface area contributed by atoms with E-state index in [0.717, 1.165) is 30.5 Å². The molecule has 6 nitrogen and oxygen atoms in total. The van der Waals surface area contributed by atoms with Gasteiger partial charge in [-0.3, -0.25) is 14.5 Å². The summed E-state index contributed by atoms with van der Waals surface area (Å²) in [4.78, 5) is 31.9. The Morgan fingerprint density at radius 1 is 1.36 bits per heavy atom. The van der Waals surface area contributed by atoms with Crippen molar-refractivity contribution in [1.82, 2.24) is 4.98 Å². The van der Waals surface area contributed by atoms with E-state index in [1.807, 2.05) is 25.1 Å². The van der Waals surface area contributed by atoms with E-state index in [4.69, 9.17) is 4.74 Å². The van der Waals surface area contributed by atoms with Crippen LogP contribution in [0.15, 0.2) is 18.2 Å². The zero-order valence-corrected chi connectivity index (χ0v) is 14.8. The molecule has 130 valence electrons. The summed E-state index contributed by atoms with van der Waals surface area (Å²) >= 11 is 1.54. The molecular formula is C18H19N3O3S. The van der Waals surface area contributed by atoms with E-state index < -0.39 is 0 Å². The topological polar surface area (TPSA) is 71.5 Å². The molecule has 4 rings (SSSR count). The Labute approximate surface area is 149 Å². The Hall–Kier alpha value is -2.41. The van der Waals surface area contributed by atoms with Crippen LogP contribution in [0.25, 0.3) is 0 Å². The molecule has 0 saturated carbocycles. The second-order valence-corrected chi connectivity index (χ2v) is 7.47. The molecule has 7 heteroatoms. The molecule has 1 aromatic heterocycles. The Bertz CT molecular complexity index is 823. The highest BCUT2D eigenvalue weighted by Gasteiger charge is 2.28. The fourth-order valence-electron chi connectivity index (χ4n) is 3.19. The number of aryl methyl sites for hydroxylation is 3. The van der Waals surface area contributed by atoms with Crippen molar-refractivity contribution in [3.8, 4) is 5.75 Å². The number of hydrogen-bond acceptors (Lipinski definition) is 5. The average Bonchev–Trinajstić information content (AvgIpc) is 2.99. The molecule has 0 unspecified atom stereocenters. The van der Waals surface area contributed by atoms with Gasteiger partial charge in [0.1, 0.15) is 12.3 Å². The van der Waals surface area contributed by atoms with Crippen molar-refractivity contribution in [3.05, 3.63) is 34.3 Å². The lowest BCUT2D eigenvalue weighted by molar-refractivity contribution is -0.123. The number of hydrogen-bond donors (Lipinski definition) is 1. The van der Waals surface area contributed by atoms with Crippen molar-refractivity contribution < 1.29 is 14.3 Å². The average molecular weight is 357 g/mol. The van der Waals surface area contributed by atoms with Gasteiger partial charge in [-0.25, -0.2) is 4.98 Å². The zero-order chi connectivity index (χ0) is 17.4. The standard InChI is InChI=1S/C18H19N3O3S/c1-11-6-7-14-13(8-11)21(17(23)10-24-14)9-16(22)20-18-19-12-4-2-3-5-15(12)25-18/h6-8H,2-5,9-10H2,1H3,(H,19,20,22). The van der Waals surface area contributed by atoms with Crippen molar-refractivity contribution in [2.24, 2.45) is 0 Å². The molecule has 0 fully saturated rings. The normalized spacial score (nSPS) is 16.0. The van der Waals surface area contributed by atoms with Crippen LogP contribution in [0.2, 0.25) is 0 Å². The SMILES string of the molecule is Cc1ccc2c(c1)N(CC(=O)Nc1nc3c(s1)CCCC3)C(=O)CO2. The lowest BCUT2D eigenvalue weighted by atomic mass is 10.0. The third kappa shape index (κ3) is 3.24. The highest BCUT2D eigenvalue weighted by atomic mass is 32.1. The van der Waals surface area contributed by atoms with Crippen LogP contribution >= 0.6 is 11.3 Å². The minimum absolute atomic E-state index is 0.0388. The number of ether oxygens (including phenoxy) is 1. The minimum atomic E-state index is -0.242. The van der Waals surface area contributed by atoms with Crippen molar-refractivity contribution in [2.75, 3.05) is 23.4 Å². The summed E-state index contributed by atoms with van der Waals surface area (Å²) in [6.45, 7) is 1.86. The highest BCUT2D eigenvalue weighted by molar-refractivity contribution is 7.15. The van der Waals surface area contributed by atoms with E-state index in [-0.39, 0.29) is 25.0 Å². The van der Waals surface area contributed by atoms with Crippen LogP contribution in [-0.2, 0) is 22.4 Å². The van der Waals surface area contributed by atoms with Gasteiger partial charge >= 0.3 is 0 Å². The third-order valence-electron chi connectivity index (χ3n) is 4.45. The van der Waals surface area contributed by atoms with E-state index in [9.17, 15) is 9.59 Å². The minimum Gasteiger partial charge on any atom is -0.482 e. The molecule has 2 aromatic rings. The molecule has 0 saturated heterocycles. The van der Waals surface area contributed by atoms with Crippen molar-refractivity contribution >= 4 is 34.0 Å². The third-order valence-corrected chi connectivity index (χ3v) is 5.52. The molecule has 2 amide bonds. The molecule has 25 heavy (non-hydrogen) atoms. The van der Waals surface area contributed by atoms with Crippen molar-refractivity contribution in [2.45, 2.75) is 32.6 Å². The Balaban J connectivity index is 1.50. The maximum atomic E-state index is 12.5. The molecule has 0 bridgehead atoms. The maximum Gasteiger partial charge on any atom is 0.265 e. The van der Waals surface area contributed by atoms with Gasteiger partial charge in [0.05, 0.1) is 11.4 Å². The highest BCUT2D eigenvalue weighted by Crippen LogP contribution is 2.33. The predicted molar refractivity (Wildman–Crippen MR) is 96.4 cm³/mol. The molecule has 1 aliphatic heterocycles. The van der Waals surface area contributed by atoms with Gasteiger partial charge in [-0.1, -0.05) is 6.07 Å². The summed E-state index contributed by atoms with van der Waals surface area (Å²) < 4.78 is 5.44. The van der Waals surface area contributed by atoms with Crippen molar-refractivity contribution in [1.29, 1.82) is 0 Å². The first-order chi connectivity index (χ1) is 12.1. The number of anilines is 2. The Kier molecular flexibility index (Phi) is 4.17. The predicted octanol–water partition coefficient (Wildman–Crippen LogP) is 2.69. The van der Waals surface area contributed by atoms with Crippen LogP contribution in [0, 0.1) is 6.92 Å². The smallest absolute Gasteiger partial charge is 0.265 e. The largest absolute Gasteiger partial charge is 0.482 e. The molecule has 0 spiro atoms. The number of carbonyl (C=O) groups excluding carboxylic acids is 2. The second kappa shape index (κ2) is 6.48. The molecular weight excluding hydrogens is 338 g/mol. The van der Waals surface area contributed by atoms with Crippen molar-refractivity contribution in [3.63, 3.8) is 0 Å². The van der Waals surface area contributed by atoms with Gasteiger partial charge in [0.15, 0.2) is 11.7 Å². The Morgan fingerprint density at radius 2 is 2.20 bits per heavy atom. The number of benzene rings is 1. The molecule has 2 heterocycles. The number of amides is 2. The summed E-state index contributed by atoms with van der Waals surface area (Å²) in [7, 11) is 0. The van der Waals surface area contributed by atoms with Crippen LogP contribution in [0.3, 0.4) is 0 Å². The lowest BCUT2D eigenvalue weighted by Gasteiger charge is -2.29. The number of nitrogens with zero attached hydrogens (tertiary/aromatic N) is 2. The van der Waals surface area contributed by atoms with Crippen LogP contribution < -0.4 is 15.0 Å². The van der Waals surface area contributed by atoms with Crippen LogP contribution in [0.1, 0.15) is 29.0 Å². The zero-order valence-electron chi connectivity index (χ0n) is 14.0. The van der Waals surface area contributed by atoms with Crippen LogP contribution in [0.5, 0.6) is 5.75 Å². The van der Waals surface area contributed by atoms with Crippen LogP contribution in [0.4, 0.5) is 10.8 Å². The summed E-state index contributed by atoms with van der Waals surface area (Å²) in [6.07, 6.45) is 4.36. The fraction of sp³-hybridized carbons (Fsp3) is 0.389. The number of nitrogens with one attached hydrogen (secondary N) is 1. The summed E-state index contributed by atoms with van der Waals surface area (Å²) in [5.74, 6) is 0.170. The quantitative estimate of drug-likeness (QED) is 0.917. The van der Waals surface area contributed by atoms with Gasteiger partial charge < -0.3 is 10.1 Å². The van der Waals surface area contributed by atoms with Gasteiger partial charge in [-0.15, -0.1) is 11.3 Å². The lowest BCUT2D eigenvalue weighted by Crippen LogP contribution is -2.43. The van der Waals surface area contributed by atoms with Gasteiger partial charge in [0, 0.05) is 4.88 Å². The number of fused-ring (bicyclic) bond motifs is 2. The summed E-state index contributed by atoms with van der Waals surface area (Å²) in [5, 5.41) is 3.47. The summed E-state index contributed by atoms with van der Waals surface area (Å²) in [5.41, 5.74) is 2.76. The fourth-order valence-corrected chi connectivity index (χ4v) is 4.26. The monoisotopic (exact) mass is 357 g/mol. The molecule has 1 N–H and O–H groups in total.